The molecule has 0 aliphatic carbocycles. The smallest absolute Gasteiger partial charge is 0.336 e. The minimum atomic E-state index is -0.952. The summed E-state index contributed by atoms with van der Waals surface area (Å²) in [6.07, 6.45) is 0. The molecule has 90 valence electrons. The van der Waals surface area contributed by atoms with Gasteiger partial charge in [-0.3, -0.25) is 0 Å². The summed E-state index contributed by atoms with van der Waals surface area (Å²) in [5, 5.41) is 14.5. The summed E-state index contributed by atoms with van der Waals surface area (Å²) in [4.78, 5) is 11.3. The van der Waals surface area contributed by atoms with Gasteiger partial charge < -0.3 is 5.11 Å². The Morgan fingerprint density at radius 2 is 1.89 bits per heavy atom. The zero-order valence-corrected chi connectivity index (χ0v) is 11.2. The topological polar surface area (TPSA) is 37.3 Å². The molecule has 0 saturated heterocycles. The highest BCUT2D eigenvalue weighted by molar-refractivity contribution is 7.18. The maximum absolute atomic E-state index is 11.3. The summed E-state index contributed by atoms with van der Waals surface area (Å²) in [7, 11) is 0. The second kappa shape index (κ2) is 4.12. The summed E-state index contributed by atoms with van der Waals surface area (Å²) in [5.41, 5.74) is 0.267. The predicted molar refractivity (Wildman–Crippen MR) is 76.3 cm³/mol. The maximum atomic E-state index is 11.3. The lowest BCUT2D eigenvalue weighted by molar-refractivity contribution is 0.0699. The Morgan fingerprint density at radius 3 is 2.61 bits per heavy atom. The molecular formula is C13H6Cl2O2S. The van der Waals surface area contributed by atoms with Crippen LogP contribution < -0.4 is 0 Å². The van der Waals surface area contributed by atoms with Crippen LogP contribution >= 0.6 is 34.5 Å². The molecule has 0 radical (unpaired) electrons. The Balaban J connectivity index is 2.59. The van der Waals surface area contributed by atoms with Crippen LogP contribution in [-0.4, -0.2) is 11.1 Å². The molecule has 0 aliphatic heterocycles. The highest BCUT2D eigenvalue weighted by atomic mass is 35.5. The number of fused-ring (bicyclic) bond motifs is 3. The van der Waals surface area contributed by atoms with Crippen LogP contribution in [0.15, 0.2) is 29.6 Å². The van der Waals surface area contributed by atoms with E-state index in [0.29, 0.717) is 15.4 Å². The number of thiophene rings is 1. The fourth-order valence-corrected chi connectivity index (χ4v) is 3.54. The third-order valence-corrected chi connectivity index (χ3v) is 4.29. The van der Waals surface area contributed by atoms with Gasteiger partial charge in [0, 0.05) is 30.9 Å². The molecule has 0 atom stereocenters. The molecule has 0 aliphatic rings. The van der Waals surface area contributed by atoms with Gasteiger partial charge in [-0.05, 0) is 29.6 Å². The van der Waals surface area contributed by atoms with E-state index in [4.69, 9.17) is 23.2 Å². The van der Waals surface area contributed by atoms with Crippen LogP contribution in [-0.2, 0) is 0 Å². The summed E-state index contributed by atoms with van der Waals surface area (Å²) in [6.45, 7) is 0. The van der Waals surface area contributed by atoms with Crippen molar-refractivity contribution in [1.82, 2.24) is 0 Å². The number of rotatable bonds is 1. The molecule has 0 saturated carbocycles. The van der Waals surface area contributed by atoms with Gasteiger partial charge in [-0.1, -0.05) is 23.2 Å². The molecule has 2 nitrogen and oxygen atoms in total. The Morgan fingerprint density at radius 1 is 1.11 bits per heavy atom. The fraction of sp³-hybridized carbons (Fsp3) is 0. The maximum Gasteiger partial charge on any atom is 0.336 e. The number of carbonyl (C=O) groups is 1. The lowest BCUT2D eigenvalue weighted by Gasteiger charge is -2.06. The summed E-state index contributed by atoms with van der Waals surface area (Å²) >= 11 is 13.6. The standard InChI is InChI=1S/C13H6Cl2O2S/c14-6-3-9-8(11(15)4-6)5-10(13(16)17)7-1-2-18-12(7)9/h1-5H,(H,16,17). The first-order chi connectivity index (χ1) is 8.58. The summed E-state index contributed by atoms with van der Waals surface area (Å²) in [6, 6.07) is 6.84. The molecule has 2 aromatic carbocycles. The summed E-state index contributed by atoms with van der Waals surface area (Å²) in [5.74, 6) is -0.952. The fourth-order valence-electron chi connectivity index (χ4n) is 2.05. The number of hydrogen-bond donors (Lipinski definition) is 1. The van der Waals surface area contributed by atoms with E-state index >= 15 is 0 Å². The third kappa shape index (κ3) is 1.67. The van der Waals surface area contributed by atoms with E-state index in [1.54, 1.807) is 18.2 Å². The molecule has 0 amide bonds. The van der Waals surface area contributed by atoms with Gasteiger partial charge in [-0.25, -0.2) is 4.79 Å². The van der Waals surface area contributed by atoms with Gasteiger partial charge in [0.05, 0.1) is 5.56 Å². The number of aromatic carboxylic acids is 1. The Hall–Kier alpha value is -1.29. The minimum absolute atomic E-state index is 0.267. The number of benzene rings is 2. The van der Waals surface area contributed by atoms with Crippen LogP contribution in [0.1, 0.15) is 10.4 Å². The molecule has 3 rings (SSSR count). The van der Waals surface area contributed by atoms with E-state index < -0.39 is 5.97 Å². The first-order valence-corrected chi connectivity index (χ1v) is 6.74. The van der Waals surface area contributed by atoms with Gasteiger partial charge in [-0.2, -0.15) is 0 Å². The molecule has 5 heteroatoms. The van der Waals surface area contributed by atoms with E-state index in [0.717, 1.165) is 15.5 Å². The van der Waals surface area contributed by atoms with Gasteiger partial charge >= 0.3 is 5.97 Å². The van der Waals surface area contributed by atoms with Gasteiger partial charge in [0.25, 0.3) is 0 Å². The average molecular weight is 297 g/mol. The second-order valence-corrected chi connectivity index (χ2v) is 5.64. The van der Waals surface area contributed by atoms with Crippen molar-refractivity contribution in [1.29, 1.82) is 0 Å². The molecule has 3 aromatic rings. The molecule has 1 aromatic heterocycles. The van der Waals surface area contributed by atoms with Crippen molar-refractivity contribution in [2.75, 3.05) is 0 Å². The van der Waals surface area contributed by atoms with E-state index in [-0.39, 0.29) is 5.56 Å². The van der Waals surface area contributed by atoms with Crippen molar-refractivity contribution >= 4 is 61.4 Å². The lowest BCUT2D eigenvalue weighted by Crippen LogP contribution is -1.96. The van der Waals surface area contributed by atoms with Gasteiger partial charge in [0.2, 0.25) is 0 Å². The SMILES string of the molecule is O=C(O)c1cc2c(Cl)cc(Cl)cc2c2sccc12. The van der Waals surface area contributed by atoms with Gasteiger partial charge in [-0.15, -0.1) is 11.3 Å². The zero-order chi connectivity index (χ0) is 12.9. The third-order valence-electron chi connectivity index (χ3n) is 2.81. The van der Waals surface area contributed by atoms with E-state index in [9.17, 15) is 9.90 Å². The second-order valence-electron chi connectivity index (χ2n) is 3.88. The molecule has 0 spiro atoms. The van der Waals surface area contributed by atoms with Crippen LogP contribution in [0.5, 0.6) is 0 Å². The zero-order valence-electron chi connectivity index (χ0n) is 8.91. The Kier molecular flexibility index (Phi) is 2.70. The predicted octanol–water partition coefficient (Wildman–Crippen LogP) is 5.06. The van der Waals surface area contributed by atoms with Crippen molar-refractivity contribution in [2.24, 2.45) is 0 Å². The average Bonchev–Trinajstić information content (AvgIpc) is 2.76. The molecule has 0 fully saturated rings. The van der Waals surface area contributed by atoms with Crippen LogP contribution in [0.4, 0.5) is 0 Å². The lowest BCUT2D eigenvalue weighted by atomic mass is 10.0. The highest BCUT2D eigenvalue weighted by Gasteiger charge is 2.15. The van der Waals surface area contributed by atoms with Crippen LogP contribution in [0.2, 0.25) is 10.0 Å². The summed E-state index contributed by atoms with van der Waals surface area (Å²) < 4.78 is 0.898. The normalized spacial score (nSPS) is 11.2. The van der Waals surface area contributed by atoms with Gasteiger partial charge in [0.1, 0.15) is 0 Å². The molecule has 18 heavy (non-hydrogen) atoms. The number of carboxylic acid groups (broad SMARTS) is 1. The number of carboxylic acids is 1. The van der Waals surface area contributed by atoms with E-state index in [2.05, 4.69) is 0 Å². The van der Waals surface area contributed by atoms with Crippen molar-refractivity contribution in [3.05, 3.63) is 45.3 Å². The molecule has 0 bridgehead atoms. The van der Waals surface area contributed by atoms with E-state index in [1.165, 1.54) is 11.3 Å². The Labute approximate surface area is 116 Å². The molecular weight excluding hydrogens is 291 g/mol. The first-order valence-electron chi connectivity index (χ1n) is 5.10. The number of halogens is 2. The van der Waals surface area contributed by atoms with Crippen molar-refractivity contribution in [3.63, 3.8) is 0 Å². The van der Waals surface area contributed by atoms with Crippen LogP contribution in [0.25, 0.3) is 20.9 Å². The van der Waals surface area contributed by atoms with Crippen molar-refractivity contribution in [3.8, 4) is 0 Å². The van der Waals surface area contributed by atoms with Crippen molar-refractivity contribution < 1.29 is 9.90 Å². The minimum Gasteiger partial charge on any atom is -0.478 e. The Bertz CT molecular complexity index is 792. The molecule has 0 unspecified atom stereocenters. The van der Waals surface area contributed by atoms with Crippen LogP contribution in [0.3, 0.4) is 0 Å². The largest absolute Gasteiger partial charge is 0.478 e. The first kappa shape index (κ1) is 11.8. The van der Waals surface area contributed by atoms with Gasteiger partial charge in [0.15, 0.2) is 0 Å². The molecule has 1 heterocycles. The van der Waals surface area contributed by atoms with Crippen LogP contribution in [0, 0.1) is 0 Å². The molecule has 1 N–H and O–H groups in total. The monoisotopic (exact) mass is 296 g/mol. The highest BCUT2D eigenvalue weighted by Crippen LogP contribution is 2.37. The number of hydrogen-bond acceptors (Lipinski definition) is 2. The van der Waals surface area contributed by atoms with Crippen molar-refractivity contribution in [2.45, 2.75) is 0 Å². The quantitative estimate of drug-likeness (QED) is 0.681. The van der Waals surface area contributed by atoms with E-state index in [1.807, 2.05) is 11.4 Å².